The summed E-state index contributed by atoms with van der Waals surface area (Å²) in [6.45, 7) is 6.27. The fourth-order valence-electron chi connectivity index (χ4n) is 2.52. The van der Waals surface area contributed by atoms with Crippen LogP contribution in [0.1, 0.15) is 29.5 Å². The quantitative estimate of drug-likeness (QED) is 0.729. The number of methoxy groups -OCH3 is 1. The Morgan fingerprint density at radius 1 is 1.10 bits per heavy atom. The van der Waals surface area contributed by atoms with Gasteiger partial charge < -0.3 is 4.74 Å². The molecule has 0 spiro atoms. The molecule has 0 amide bonds. The largest absolute Gasteiger partial charge is 0.496 e. The molecule has 1 unspecified atom stereocenters. The van der Waals surface area contributed by atoms with Crippen LogP contribution in [0.2, 0.25) is 0 Å². The fraction of sp³-hybridized carbons (Fsp3) is 0.263. The van der Waals surface area contributed by atoms with Crippen molar-refractivity contribution in [1.29, 1.82) is 0 Å². The Balaban J connectivity index is 2.61. The number of benzene rings is 2. The van der Waals surface area contributed by atoms with Crippen molar-refractivity contribution in [1.82, 2.24) is 0 Å². The minimum atomic E-state index is 0.0934. The van der Waals surface area contributed by atoms with E-state index < -0.39 is 0 Å². The molecule has 1 heteroatoms. The summed E-state index contributed by atoms with van der Waals surface area (Å²) < 4.78 is 5.58. The van der Waals surface area contributed by atoms with Gasteiger partial charge in [-0.05, 0) is 49.1 Å². The van der Waals surface area contributed by atoms with E-state index in [-0.39, 0.29) is 5.92 Å². The average molecular weight is 264 g/mol. The van der Waals surface area contributed by atoms with E-state index in [9.17, 15) is 0 Å². The maximum absolute atomic E-state index is 5.58. The van der Waals surface area contributed by atoms with E-state index in [1.54, 1.807) is 7.11 Å². The van der Waals surface area contributed by atoms with Crippen molar-refractivity contribution in [2.24, 2.45) is 0 Å². The van der Waals surface area contributed by atoms with Crippen molar-refractivity contribution in [2.45, 2.75) is 26.7 Å². The molecule has 0 fully saturated rings. The Bertz CT molecular complexity index is 642. The second kappa shape index (κ2) is 5.84. The summed E-state index contributed by atoms with van der Waals surface area (Å²) in [4.78, 5) is 0. The number of rotatable bonds is 3. The van der Waals surface area contributed by atoms with Crippen LogP contribution in [-0.4, -0.2) is 7.11 Å². The molecular formula is C19H20O. The number of hydrogen-bond donors (Lipinski definition) is 0. The molecule has 2 rings (SSSR count). The van der Waals surface area contributed by atoms with Gasteiger partial charge in [0, 0.05) is 11.5 Å². The molecule has 0 radical (unpaired) electrons. The highest BCUT2D eigenvalue weighted by Gasteiger charge is 2.13. The minimum Gasteiger partial charge on any atom is -0.496 e. The van der Waals surface area contributed by atoms with Gasteiger partial charge in [0.1, 0.15) is 5.75 Å². The highest BCUT2D eigenvalue weighted by atomic mass is 16.5. The van der Waals surface area contributed by atoms with E-state index in [4.69, 9.17) is 11.2 Å². The Hall–Kier alpha value is -2.20. The van der Waals surface area contributed by atoms with E-state index in [2.05, 4.69) is 50.1 Å². The maximum Gasteiger partial charge on any atom is 0.127 e. The highest BCUT2D eigenvalue weighted by Crippen LogP contribution is 2.36. The summed E-state index contributed by atoms with van der Waals surface area (Å²) in [5.41, 5.74) is 5.97. The van der Waals surface area contributed by atoms with Crippen LogP contribution in [0.5, 0.6) is 5.75 Å². The van der Waals surface area contributed by atoms with Gasteiger partial charge in [-0.25, -0.2) is 0 Å². The Kier molecular flexibility index (Phi) is 4.15. The molecule has 1 atom stereocenters. The van der Waals surface area contributed by atoms with Crippen LogP contribution < -0.4 is 4.74 Å². The molecule has 0 N–H and O–H groups in total. The van der Waals surface area contributed by atoms with E-state index in [1.807, 2.05) is 13.0 Å². The lowest BCUT2D eigenvalue weighted by Gasteiger charge is -2.16. The van der Waals surface area contributed by atoms with Gasteiger partial charge in [0.2, 0.25) is 0 Å². The topological polar surface area (TPSA) is 9.23 Å². The number of hydrogen-bond acceptors (Lipinski definition) is 1. The summed E-state index contributed by atoms with van der Waals surface area (Å²) in [6.07, 6.45) is 5.50. The van der Waals surface area contributed by atoms with E-state index in [0.717, 1.165) is 16.9 Å². The standard InChI is InChI=1S/C19H20O/c1-6-13(2)16-10-11-17(18(12-16)20-5)19-14(3)8-7-9-15(19)4/h1,7-13H,2-5H3. The first-order chi connectivity index (χ1) is 9.58. The molecule has 0 saturated heterocycles. The van der Waals surface area contributed by atoms with Crippen molar-refractivity contribution in [2.75, 3.05) is 7.11 Å². The number of terminal acetylenes is 1. The van der Waals surface area contributed by atoms with Crippen molar-refractivity contribution in [3.05, 3.63) is 53.1 Å². The molecule has 0 aliphatic rings. The van der Waals surface area contributed by atoms with Gasteiger partial charge in [-0.2, -0.15) is 0 Å². The second-order valence-electron chi connectivity index (χ2n) is 5.11. The maximum atomic E-state index is 5.58. The van der Waals surface area contributed by atoms with Gasteiger partial charge in [-0.3, -0.25) is 0 Å². The molecule has 102 valence electrons. The summed E-state index contributed by atoms with van der Waals surface area (Å²) in [5.74, 6) is 3.73. The molecule has 0 aromatic heterocycles. The van der Waals surface area contributed by atoms with Crippen LogP contribution in [0, 0.1) is 26.2 Å². The molecule has 2 aromatic carbocycles. The van der Waals surface area contributed by atoms with Gasteiger partial charge in [-0.15, -0.1) is 6.42 Å². The van der Waals surface area contributed by atoms with E-state index in [1.165, 1.54) is 16.7 Å². The van der Waals surface area contributed by atoms with Crippen LogP contribution >= 0.6 is 0 Å². The smallest absolute Gasteiger partial charge is 0.127 e. The third-order valence-electron chi connectivity index (χ3n) is 3.73. The fourth-order valence-corrected chi connectivity index (χ4v) is 2.52. The summed E-state index contributed by atoms with van der Waals surface area (Å²) in [6, 6.07) is 12.6. The summed E-state index contributed by atoms with van der Waals surface area (Å²) >= 11 is 0. The minimum absolute atomic E-state index is 0.0934. The van der Waals surface area contributed by atoms with E-state index in [0.29, 0.717) is 0 Å². The molecule has 2 aromatic rings. The first kappa shape index (κ1) is 14.2. The van der Waals surface area contributed by atoms with Gasteiger partial charge in [0.15, 0.2) is 0 Å². The number of ether oxygens (including phenoxy) is 1. The van der Waals surface area contributed by atoms with Crippen LogP contribution in [0.4, 0.5) is 0 Å². The van der Waals surface area contributed by atoms with Gasteiger partial charge in [-0.1, -0.05) is 36.3 Å². The van der Waals surface area contributed by atoms with Gasteiger partial charge in [0.05, 0.1) is 7.11 Å². The molecule has 20 heavy (non-hydrogen) atoms. The molecule has 0 bridgehead atoms. The van der Waals surface area contributed by atoms with Gasteiger partial charge in [0.25, 0.3) is 0 Å². The van der Waals surface area contributed by atoms with Crippen LogP contribution in [0.15, 0.2) is 36.4 Å². The zero-order valence-electron chi connectivity index (χ0n) is 12.5. The molecule has 0 aliphatic heterocycles. The van der Waals surface area contributed by atoms with Gasteiger partial charge >= 0.3 is 0 Å². The Morgan fingerprint density at radius 3 is 2.30 bits per heavy atom. The summed E-state index contributed by atoms with van der Waals surface area (Å²) in [5, 5.41) is 0. The zero-order chi connectivity index (χ0) is 14.7. The van der Waals surface area contributed by atoms with Crippen LogP contribution in [0.3, 0.4) is 0 Å². The molecule has 0 aliphatic carbocycles. The predicted octanol–water partition coefficient (Wildman–Crippen LogP) is 4.72. The highest BCUT2D eigenvalue weighted by molar-refractivity contribution is 5.76. The van der Waals surface area contributed by atoms with Crippen molar-refractivity contribution in [3.8, 4) is 29.2 Å². The number of aryl methyl sites for hydroxylation is 2. The summed E-state index contributed by atoms with van der Waals surface area (Å²) in [7, 11) is 1.71. The van der Waals surface area contributed by atoms with E-state index >= 15 is 0 Å². The lowest BCUT2D eigenvalue weighted by atomic mass is 9.92. The predicted molar refractivity (Wildman–Crippen MR) is 85.2 cm³/mol. The molecule has 1 nitrogen and oxygen atoms in total. The Morgan fingerprint density at radius 2 is 1.75 bits per heavy atom. The first-order valence-electron chi connectivity index (χ1n) is 6.79. The third-order valence-corrected chi connectivity index (χ3v) is 3.73. The van der Waals surface area contributed by atoms with Crippen LogP contribution in [0.25, 0.3) is 11.1 Å². The Labute approximate surface area is 121 Å². The first-order valence-corrected chi connectivity index (χ1v) is 6.79. The molecule has 0 heterocycles. The molecule has 0 saturated carbocycles. The molecular weight excluding hydrogens is 244 g/mol. The monoisotopic (exact) mass is 264 g/mol. The normalized spacial score (nSPS) is 11.8. The van der Waals surface area contributed by atoms with Crippen molar-refractivity contribution in [3.63, 3.8) is 0 Å². The SMILES string of the molecule is C#CC(C)c1ccc(-c2c(C)cccc2C)c(OC)c1. The average Bonchev–Trinajstić information content (AvgIpc) is 2.46. The lowest BCUT2D eigenvalue weighted by molar-refractivity contribution is 0.416. The lowest BCUT2D eigenvalue weighted by Crippen LogP contribution is -1.96. The van der Waals surface area contributed by atoms with Crippen molar-refractivity contribution >= 4 is 0 Å². The van der Waals surface area contributed by atoms with Crippen LogP contribution in [-0.2, 0) is 0 Å². The zero-order valence-corrected chi connectivity index (χ0v) is 12.5. The van der Waals surface area contributed by atoms with Crippen molar-refractivity contribution < 1.29 is 4.74 Å². The second-order valence-corrected chi connectivity index (χ2v) is 5.11. The third kappa shape index (κ3) is 2.56.